The highest BCUT2D eigenvalue weighted by molar-refractivity contribution is 5.98. The summed E-state index contributed by atoms with van der Waals surface area (Å²) in [5.74, 6) is 0. The topological polar surface area (TPSA) is 41.6 Å². The zero-order valence-electron chi connectivity index (χ0n) is 11.1. The van der Waals surface area contributed by atoms with Gasteiger partial charge in [-0.25, -0.2) is 0 Å². The Morgan fingerprint density at radius 2 is 1.90 bits per heavy atom. The largest absolute Gasteiger partial charge is 0.278 e. The minimum absolute atomic E-state index is 1.06. The van der Waals surface area contributed by atoms with Crippen molar-refractivity contribution < 1.29 is 0 Å². The van der Waals surface area contributed by atoms with Crippen molar-refractivity contribution in [3.8, 4) is 11.1 Å². The molecule has 4 aromatic rings. The van der Waals surface area contributed by atoms with Gasteiger partial charge in [0, 0.05) is 23.2 Å². The van der Waals surface area contributed by atoms with Crippen LogP contribution in [-0.2, 0) is 0 Å². The fourth-order valence-corrected chi connectivity index (χ4v) is 2.74. The maximum atomic E-state index is 4.21. The number of pyridine rings is 1. The molecule has 0 aliphatic carbocycles. The molecule has 0 aliphatic rings. The second kappa shape index (κ2) is 4.17. The van der Waals surface area contributed by atoms with Crippen molar-refractivity contribution in [2.24, 2.45) is 0 Å². The van der Waals surface area contributed by atoms with Crippen LogP contribution in [0.5, 0.6) is 0 Å². The molecule has 0 aliphatic heterocycles. The van der Waals surface area contributed by atoms with Crippen LogP contribution in [0.15, 0.2) is 55.0 Å². The van der Waals surface area contributed by atoms with Crippen LogP contribution in [0.4, 0.5) is 0 Å². The molecule has 2 aromatic carbocycles. The monoisotopic (exact) mass is 259 g/mol. The number of hydrogen-bond donors (Lipinski definition) is 1. The Morgan fingerprint density at radius 3 is 2.85 bits per heavy atom. The van der Waals surface area contributed by atoms with E-state index in [9.17, 15) is 0 Å². The van der Waals surface area contributed by atoms with E-state index in [4.69, 9.17) is 0 Å². The lowest BCUT2D eigenvalue weighted by Crippen LogP contribution is -1.86. The van der Waals surface area contributed by atoms with Crippen molar-refractivity contribution in [1.82, 2.24) is 15.2 Å². The van der Waals surface area contributed by atoms with Gasteiger partial charge < -0.3 is 0 Å². The van der Waals surface area contributed by atoms with Gasteiger partial charge in [-0.1, -0.05) is 18.2 Å². The smallest absolute Gasteiger partial charge is 0.0656 e. The Morgan fingerprint density at radius 1 is 0.950 bits per heavy atom. The van der Waals surface area contributed by atoms with E-state index in [2.05, 4.69) is 46.4 Å². The molecule has 20 heavy (non-hydrogen) atoms. The molecule has 0 fully saturated rings. The second-order valence-electron chi connectivity index (χ2n) is 5.03. The Labute approximate surface area is 116 Å². The molecule has 0 spiro atoms. The van der Waals surface area contributed by atoms with Crippen molar-refractivity contribution in [3.05, 3.63) is 60.6 Å². The number of fused-ring (bicyclic) bond motifs is 2. The molecule has 0 saturated heterocycles. The molecular formula is C17H13N3. The summed E-state index contributed by atoms with van der Waals surface area (Å²) < 4.78 is 0. The summed E-state index contributed by atoms with van der Waals surface area (Å²) in [7, 11) is 0. The predicted molar refractivity (Wildman–Crippen MR) is 81.6 cm³/mol. The molecular weight excluding hydrogens is 246 g/mol. The summed E-state index contributed by atoms with van der Waals surface area (Å²) in [6.45, 7) is 2.15. The molecule has 3 heteroatoms. The van der Waals surface area contributed by atoms with E-state index in [-0.39, 0.29) is 0 Å². The average molecular weight is 259 g/mol. The Balaban J connectivity index is 2.06. The maximum Gasteiger partial charge on any atom is 0.0656 e. The molecule has 2 aromatic heterocycles. The third-order valence-electron chi connectivity index (χ3n) is 3.76. The number of H-pyrrole nitrogens is 1. The summed E-state index contributed by atoms with van der Waals surface area (Å²) in [5, 5.41) is 10.7. The zero-order valence-corrected chi connectivity index (χ0v) is 11.1. The van der Waals surface area contributed by atoms with Crippen LogP contribution in [0.2, 0.25) is 0 Å². The summed E-state index contributed by atoms with van der Waals surface area (Å²) >= 11 is 0. The van der Waals surface area contributed by atoms with Gasteiger partial charge in [-0.15, -0.1) is 0 Å². The first-order chi connectivity index (χ1) is 9.83. The van der Waals surface area contributed by atoms with Gasteiger partial charge in [0.05, 0.1) is 11.7 Å². The average Bonchev–Trinajstić information content (AvgIpc) is 2.95. The van der Waals surface area contributed by atoms with Crippen molar-refractivity contribution >= 4 is 21.7 Å². The van der Waals surface area contributed by atoms with Crippen LogP contribution >= 0.6 is 0 Å². The molecule has 0 saturated carbocycles. The Kier molecular flexibility index (Phi) is 2.33. The highest BCUT2D eigenvalue weighted by Crippen LogP contribution is 2.32. The molecule has 2 heterocycles. The number of aromatic amines is 1. The van der Waals surface area contributed by atoms with Crippen LogP contribution in [0.25, 0.3) is 32.8 Å². The number of aryl methyl sites for hydroxylation is 1. The Hall–Kier alpha value is -2.68. The van der Waals surface area contributed by atoms with Crippen molar-refractivity contribution in [2.75, 3.05) is 0 Å². The van der Waals surface area contributed by atoms with Crippen molar-refractivity contribution in [2.45, 2.75) is 6.92 Å². The molecule has 3 nitrogen and oxygen atoms in total. The number of hydrogen-bond acceptors (Lipinski definition) is 2. The van der Waals surface area contributed by atoms with E-state index in [1.54, 1.807) is 0 Å². The van der Waals surface area contributed by atoms with Crippen LogP contribution in [0.3, 0.4) is 0 Å². The molecule has 0 unspecified atom stereocenters. The molecule has 0 radical (unpaired) electrons. The number of aromatic nitrogens is 3. The van der Waals surface area contributed by atoms with Gasteiger partial charge in [-0.3, -0.25) is 10.1 Å². The maximum absolute atomic E-state index is 4.21. The molecule has 0 bridgehead atoms. The van der Waals surface area contributed by atoms with Crippen LogP contribution in [0, 0.1) is 6.92 Å². The van der Waals surface area contributed by atoms with Crippen molar-refractivity contribution in [3.63, 3.8) is 0 Å². The second-order valence-corrected chi connectivity index (χ2v) is 5.03. The highest BCUT2D eigenvalue weighted by atomic mass is 15.1. The molecule has 0 amide bonds. The van der Waals surface area contributed by atoms with Gasteiger partial charge in [0.25, 0.3) is 0 Å². The normalized spacial score (nSPS) is 11.2. The van der Waals surface area contributed by atoms with Gasteiger partial charge >= 0.3 is 0 Å². The first kappa shape index (κ1) is 11.2. The summed E-state index contributed by atoms with van der Waals surface area (Å²) in [5.41, 5.74) is 4.77. The number of nitrogens with one attached hydrogen (secondary N) is 1. The zero-order chi connectivity index (χ0) is 13.5. The summed E-state index contributed by atoms with van der Waals surface area (Å²) in [6.07, 6.45) is 5.63. The van der Waals surface area contributed by atoms with E-state index >= 15 is 0 Å². The lowest BCUT2D eigenvalue weighted by atomic mass is 9.95. The van der Waals surface area contributed by atoms with E-state index in [1.165, 1.54) is 22.1 Å². The lowest BCUT2D eigenvalue weighted by molar-refractivity contribution is 1.12. The van der Waals surface area contributed by atoms with Crippen LogP contribution < -0.4 is 0 Å². The fraction of sp³-hybridized carbons (Fsp3) is 0.0588. The van der Waals surface area contributed by atoms with E-state index in [1.807, 2.05) is 30.7 Å². The molecule has 0 atom stereocenters. The first-order valence-electron chi connectivity index (χ1n) is 6.60. The number of rotatable bonds is 1. The van der Waals surface area contributed by atoms with Gasteiger partial charge in [-0.2, -0.15) is 5.10 Å². The molecule has 1 N–H and O–H groups in total. The minimum atomic E-state index is 1.06. The molecule has 96 valence electrons. The van der Waals surface area contributed by atoms with E-state index < -0.39 is 0 Å². The number of benzene rings is 2. The predicted octanol–water partition coefficient (Wildman–Crippen LogP) is 4.09. The standard InChI is InChI=1S/C17H13N3/c1-11-7-12-5-6-18-9-13(12)8-15(11)14-3-2-4-17-16(14)10-19-20-17/h2-10H,1H3,(H,19,20). The van der Waals surface area contributed by atoms with Gasteiger partial charge in [0.15, 0.2) is 0 Å². The first-order valence-corrected chi connectivity index (χ1v) is 6.60. The number of nitrogens with zero attached hydrogens (tertiary/aromatic N) is 2. The van der Waals surface area contributed by atoms with Gasteiger partial charge in [0.2, 0.25) is 0 Å². The van der Waals surface area contributed by atoms with Gasteiger partial charge in [-0.05, 0) is 47.2 Å². The lowest BCUT2D eigenvalue weighted by Gasteiger charge is -2.09. The molecule has 4 rings (SSSR count). The highest BCUT2D eigenvalue weighted by Gasteiger charge is 2.09. The van der Waals surface area contributed by atoms with Gasteiger partial charge in [0.1, 0.15) is 0 Å². The summed E-state index contributed by atoms with van der Waals surface area (Å²) in [4.78, 5) is 4.21. The van der Waals surface area contributed by atoms with Crippen LogP contribution in [0.1, 0.15) is 5.56 Å². The fourth-order valence-electron chi connectivity index (χ4n) is 2.74. The summed E-state index contributed by atoms with van der Waals surface area (Å²) in [6, 6.07) is 12.7. The minimum Gasteiger partial charge on any atom is -0.278 e. The third kappa shape index (κ3) is 1.60. The Bertz CT molecular complexity index is 922. The third-order valence-corrected chi connectivity index (χ3v) is 3.76. The van der Waals surface area contributed by atoms with Crippen LogP contribution in [-0.4, -0.2) is 15.2 Å². The van der Waals surface area contributed by atoms with E-state index in [0.29, 0.717) is 0 Å². The van der Waals surface area contributed by atoms with Crippen molar-refractivity contribution in [1.29, 1.82) is 0 Å². The quantitative estimate of drug-likeness (QED) is 0.559. The SMILES string of the molecule is Cc1cc2ccncc2cc1-c1cccc2[nH]ncc12. The van der Waals surface area contributed by atoms with E-state index in [0.717, 1.165) is 16.3 Å².